The molecular formula is C17H15ClN2O4S. The first kappa shape index (κ1) is 17.4. The summed E-state index contributed by atoms with van der Waals surface area (Å²) in [4.78, 5) is 24.8. The number of carbonyl (C=O) groups is 2. The molecule has 0 saturated carbocycles. The van der Waals surface area contributed by atoms with Gasteiger partial charge in [-0.3, -0.25) is 9.59 Å². The number of amides is 2. The van der Waals surface area contributed by atoms with E-state index in [4.69, 9.17) is 11.6 Å². The van der Waals surface area contributed by atoms with Crippen molar-refractivity contribution in [1.82, 2.24) is 4.31 Å². The van der Waals surface area contributed by atoms with Gasteiger partial charge in [0, 0.05) is 10.7 Å². The van der Waals surface area contributed by atoms with E-state index in [0.717, 1.165) is 5.56 Å². The number of benzene rings is 2. The van der Waals surface area contributed by atoms with Gasteiger partial charge in [0.2, 0.25) is 5.91 Å². The monoisotopic (exact) mass is 378 g/mol. The summed E-state index contributed by atoms with van der Waals surface area (Å²) in [7, 11) is -4.05. The van der Waals surface area contributed by atoms with E-state index < -0.39 is 27.9 Å². The average molecular weight is 379 g/mol. The van der Waals surface area contributed by atoms with Crippen molar-refractivity contribution in [2.24, 2.45) is 0 Å². The largest absolute Gasteiger partial charge is 0.324 e. The number of fused-ring (bicyclic) bond motifs is 1. The Morgan fingerprint density at radius 2 is 1.88 bits per heavy atom. The van der Waals surface area contributed by atoms with Crippen molar-refractivity contribution in [1.29, 1.82) is 0 Å². The Bertz CT molecular complexity index is 988. The average Bonchev–Trinajstić information content (AvgIpc) is 2.77. The summed E-state index contributed by atoms with van der Waals surface area (Å²) in [5.74, 6) is -1.33. The van der Waals surface area contributed by atoms with Crippen LogP contribution >= 0.6 is 11.6 Å². The molecule has 2 aromatic rings. The summed E-state index contributed by atoms with van der Waals surface area (Å²) in [6.45, 7) is 3.19. The number of aryl methyl sites for hydroxylation is 1. The van der Waals surface area contributed by atoms with Crippen LogP contribution in [0.4, 0.5) is 5.69 Å². The zero-order valence-corrected chi connectivity index (χ0v) is 15.1. The third-order valence-electron chi connectivity index (χ3n) is 4.03. The van der Waals surface area contributed by atoms with Gasteiger partial charge in [-0.25, -0.2) is 12.7 Å². The molecule has 2 aromatic carbocycles. The van der Waals surface area contributed by atoms with Gasteiger partial charge >= 0.3 is 0 Å². The molecule has 6 nitrogen and oxygen atoms in total. The summed E-state index contributed by atoms with van der Waals surface area (Å²) in [6.07, 6.45) is 0. The fraction of sp³-hybridized carbons (Fsp3) is 0.176. The number of carbonyl (C=O) groups excluding carboxylic acids is 2. The lowest BCUT2D eigenvalue weighted by Crippen LogP contribution is -2.45. The Balaban J connectivity index is 1.88. The number of anilines is 1. The van der Waals surface area contributed by atoms with Crippen molar-refractivity contribution >= 4 is 39.1 Å². The molecule has 2 amide bonds. The SMILES string of the molecule is Cc1ccc(NC(=O)[C@@H](C)N2C(=O)c3ccccc3S2(=O)=O)cc1Cl. The van der Waals surface area contributed by atoms with Crippen LogP contribution in [0.25, 0.3) is 0 Å². The highest BCUT2D eigenvalue weighted by Gasteiger charge is 2.45. The summed E-state index contributed by atoms with van der Waals surface area (Å²) in [5, 5.41) is 3.06. The molecule has 1 aliphatic heterocycles. The lowest BCUT2D eigenvalue weighted by atomic mass is 10.2. The van der Waals surface area contributed by atoms with Gasteiger partial charge in [-0.1, -0.05) is 29.8 Å². The predicted molar refractivity (Wildman–Crippen MR) is 94.1 cm³/mol. The fourth-order valence-corrected chi connectivity index (χ4v) is 4.51. The maximum absolute atomic E-state index is 12.6. The minimum absolute atomic E-state index is 0.0699. The molecule has 1 atom stereocenters. The normalized spacial score (nSPS) is 16.4. The van der Waals surface area contributed by atoms with E-state index in [9.17, 15) is 18.0 Å². The van der Waals surface area contributed by atoms with Crippen molar-refractivity contribution in [2.75, 3.05) is 5.32 Å². The maximum Gasteiger partial charge on any atom is 0.269 e. The Hall–Kier alpha value is -2.38. The fourth-order valence-electron chi connectivity index (χ4n) is 2.61. The summed E-state index contributed by atoms with van der Waals surface area (Å²) >= 11 is 6.02. The highest BCUT2D eigenvalue weighted by molar-refractivity contribution is 7.90. The molecule has 0 unspecified atom stereocenters. The second-order valence-electron chi connectivity index (χ2n) is 5.73. The molecular weight excluding hydrogens is 364 g/mol. The lowest BCUT2D eigenvalue weighted by Gasteiger charge is -2.22. The zero-order chi connectivity index (χ0) is 18.4. The molecule has 0 saturated heterocycles. The van der Waals surface area contributed by atoms with E-state index in [2.05, 4.69) is 5.32 Å². The molecule has 0 aliphatic carbocycles. The van der Waals surface area contributed by atoms with Gasteiger partial charge in [0.15, 0.2) is 0 Å². The topological polar surface area (TPSA) is 83.6 Å². The Labute approximate surface area is 150 Å². The predicted octanol–water partition coefficient (Wildman–Crippen LogP) is 2.82. The molecule has 3 rings (SSSR count). The highest BCUT2D eigenvalue weighted by Crippen LogP contribution is 2.32. The van der Waals surface area contributed by atoms with Gasteiger partial charge in [-0.2, -0.15) is 0 Å². The number of hydrogen-bond donors (Lipinski definition) is 1. The van der Waals surface area contributed by atoms with Gasteiger partial charge < -0.3 is 5.32 Å². The standard InChI is InChI=1S/C17H15ClN2O4S/c1-10-7-8-12(9-14(10)18)19-16(21)11(2)20-17(22)13-5-3-4-6-15(13)25(20,23)24/h3-9,11H,1-2H3,(H,19,21)/t11-/m1/s1. The summed E-state index contributed by atoms with van der Waals surface area (Å²) < 4.78 is 25.8. The van der Waals surface area contributed by atoms with Crippen LogP contribution in [0, 0.1) is 6.92 Å². The van der Waals surface area contributed by atoms with Gasteiger partial charge in [0.05, 0.1) is 5.56 Å². The van der Waals surface area contributed by atoms with Crippen molar-refractivity contribution in [3.8, 4) is 0 Å². The Morgan fingerprint density at radius 1 is 1.20 bits per heavy atom. The van der Waals surface area contributed by atoms with E-state index in [1.807, 2.05) is 6.92 Å². The van der Waals surface area contributed by atoms with Crippen molar-refractivity contribution in [2.45, 2.75) is 24.8 Å². The van der Waals surface area contributed by atoms with Crippen LogP contribution in [0.1, 0.15) is 22.8 Å². The number of hydrogen-bond acceptors (Lipinski definition) is 4. The van der Waals surface area contributed by atoms with E-state index in [1.165, 1.54) is 25.1 Å². The first-order valence-corrected chi connectivity index (χ1v) is 9.30. The molecule has 0 aromatic heterocycles. The molecule has 0 fully saturated rings. The van der Waals surface area contributed by atoms with Crippen LogP contribution in [0.15, 0.2) is 47.4 Å². The first-order chi connectivity index (χ1) is 11.7. The molecule has 0 bridgehead atoms. The molecule has 1 heterocycles. The molecule has 0 spiro atoms. The molecule has 0 radical (unpaired) electrons. The van der Waals surface area contributed by atoms with Gasteiger partial charge in [-0.15, -0.1) is 0 Å². The third-order valence-corrected chi connectivity index (χ3v) is 6.34. The minimum atomic E-state index is -4.05. The summed E-state index contributed by atoms with van der Waals surface area (Å²) in [6, 6.07) is 9.64. The molecule has 1 N–H and O–H groups in total. The van der Waals surface area contributed by atoms with Crippen LogP contribution in [-0.4, -0.2) is 30.6 Å². The van der Waals surface area contributed by atoms with Crippen LogP contribution in [0.5, 0.6) is 0 Å². The van der Waals surface area contributed by atoms with Crippen LogP contribution < -0.4 is 5.32 Å². The second kappa shape index (κ2) is 6.16. The number of nitrogens with one attached hydrogen (secondary N) is 1. The second-order valence-corrected chi connectivity index (χ2v) is 7.92. The van der Waals surface area contributed by atoms with Crippen LogP contribution in [0.2, 0.25) is 5.02 Å². The quantitative estimate of drug-likeness (QED) is 0.890. The third kappa shape index (κ3) is 2.89. The van der Waals surface area contributed by atoms with E-state index in [1.54, 1.807) is 24.3 Å². The summed E-state index contributed by atoms with van der Waals surface area (Å²) in [5.41, 5.74) is 1.34. The molecule has 25 heavy (non-hydrogen) atoms. The number of nitrogens with zero attached hydrogens (tertiary/aromatic N) is 1. The lowest BCUT2D eigenvalue weighted by molar-refractivity contribution is -0.118. The smallest absolute Gasteiger partial charge is 0.269 e. The van der Waals surface area contributed by atoms with Crippen LogP contribution in [0.3, 0.4) is 0 Å². The Morgan fingerprint density at radius 3 is 2.52 bits per heavy atom. The van der Waals surface area contributed by atoms with Crippen molar-refractivity contribution in [3.63, 3.8) is 0 Å². The van der Waals surface area contributed by atoms with Gasteiger partial charge in [0.25, 0.3) is 15.9 Å². The minimum Gasteiger partial charge on any atom is -0.324 e. The van der Waals surface area contributed by atoms with E-state index >= 15 is 0 Å². The van der Waals surface area contributed by atoms with E-state index in [0.29, 0.717) is 15.0 Å². The van der Waals surface area contributed by atoms with E-state index in [-0.39, 0.29) is 10.5 Å². The maximum atomic E-state index is 12.6. The van der Waals surface area contributed by atoms with Gasteiger partial charge in [-0.05, 0) is 43.7 Å². The molecule has 8 heteroatoms. The first-order valence-electron chi connectivity index (χ1n) is 7.48. The van der Waals surface area contributed by atoms with Crippen molar-refractivity contribution < 1.29 is 18.0 Å². The molecule has 130 valence electrons. The number of rotatable bonds is 3. The number of halogens is 1. The highest BCUT2D eigenvalue weighted by atomic mass is 35.5. The zero-order valence-electron chi connectivity index (χ0n) is 13.5. The Kier molecular flexibility index (Phi) is 4.30. The van der Waals surface area contributed by atoms with Crippen LogP contribution in [-0.2, 0) is 14.8 Å². The molecule has 1 aliphatic rings. The number of sulfonamides is 1. The van der Waals surface area contributed by atoms with Gasteiger partial charge in [0.1, 0.15) is 10.9 Å². The van der Waals surface area contributed by atoms with Crippen molar-refractivity contribution in [3.05, 3.63) is 58.6 Å².